The molecule has 0 radical (unpaired) electrons. The maximum absolute atomic E-state index is 13.5. The van der Waals surface area contributed by atoms with Gasteiger partial charge in [0.1, 0.15) is 17.3 Å². The lowest BCUT2D eigenvalue weighted by Gasteiger charge is -2.10. The summed E-state index contributed by atoms with van der Waals surface area (Å²) in [5.74, 6) is -1.42. The number of nitrogen functional groups attached to an aromatic ring is 1. The molecular formula is C13H10ClFN2O2. The van der Waals surface area contributed by atoms with E-state index in [1.807, 2.05) is 0 Å². The van der Waals surface area contributed by atoms with E-state index in [1.165, 1.54) is 36.4 Å². The molecule has 0 heterocycles. The van der Waals surface area contributed by atoms with Gasteiger partial charge in [-0.15, -0.1) is 0 Å². The highest BCUT2D eigenvalue weighted by molar-refractivity contribution is 6.34. The van der Waals surface area contributed by atoms with Gasteiger partial charge in [-0.05, 0) is 30.3 Å². The van der Waals surface area contributed by atoms with E-state index in [2.05, 4.69) is 5.32 Å². The Morgan fingerprint density at radius 3 is 2.74 bits per heavy atom. The highest BCUT2D eigenvalue weighted by atomic mass is 35.5. The van der Waals surface area contributed by atoms with Crippen LogP contribution in [-0.4, -0.2) is 11.0 Å². The molecule has 98 valence electrons. The van der Waals surface area contributed by atoms with Gasteiger partial charge in [0, 0.05) is 0 Å². The first-order chi connectivity index (χ1) is 8.99. The highest BCUT2D eigenvalue weighted by Gasteiger charge is 2.15. The number of aromatic hydroxyl groups is 1. The van der Waals surface area contributed by atoms with Crippen molar-refractivity contribution in [3.05, 3.63) is 52.8 Å². The van der Waals surface area contributed by atoms with Crippen LogP contribution in [0.5, 0.6) is 5.75 Å². The van der Waals surface area contributed by atoms with Gasteiger partial charge in [0.15, 0.2) is 0 Å². The summed E-state index contributed by atoms with van der Waals surface area (Å²) in [5.41, 5.74) is 5.59. The minimum Gasteiger partial charge on any atom is -0.508 e. The third-order valence-electron chi connectivity index (χ3n) is 2.48. The van der Waals surface area contributed by atoms with E-state index < -0.39 is 11.7 Å². The third kappa shape index (κ3) is 2.77. The van der Waals surface area contributed by atoms with Crippen LogP contribution in [0.3, 0.4) is 0 Å². The number of phenolic OH excluding ortho intramolecular Hbond substituents is 1. The first-order valence-corrected chi connectivity index (χ1v) is 5.70. The predicted molar refractivity (Wildman–Crippen MR) is 71.9 cm³/mol. The van der Waals surface area contributed by atoms with E-state index >= 15 is 0 Å². The van der Waals surface area contributed by atoms with Crippen molar-refractivity contribution in [2.45, 2.75) is 0 Å². The molecule has 2 aromatic rings. The van der Waals surface area contributed by atoms with Crippen LogP contribution in [-0.2, 0) is 0 Å². The number of anilines is 2. The summed E-state index contributed by atoms with van der Waals surface area (Å²) in [6, 6.07) is 7.97. The first kappa shape index (κ1) is 13.2. The fourth-order valence-electron chi connectivity index (χ4n) is 1.54. The molecular weight excluding hydrogens is 271 g/mol. The summed E-state index contributed by atoms with van der Waals surface area (Å²) >= 11 is 5.84. The molecule has 0 aliphatic rings. The molecule has 0 unspecified atom stereocenters. The van der Waals surface area contributed by atoms with Gasteiger partial charge in [0.05, 0.1) is 16.3 Å². The molecule has 0 bridgehead atoms. The fraction of sp³-hybridized carbons (Fsp3) is 0. The Balaban J connectivity index is 2.34. The Kier molecular flexibility index (Phi) is 3.57. The fourth-order valence-corrected chi connectivity index (χ4v) is 1.74. The number of hydrogen-bond acceptors (Lipinski definition) is 3. The van der Waals surface area contributed by atoms with E-state index in [0.717, 1.165) is 0 Å². The first-order valence-electron chi connectivity index (χ1n) is 5.33. The lowest BCUT2D eigenvalue weighted by Crippen LogP contribution is -2.14. The Morgan fingerprint density at radius 2 is 2.05 bits per heavy atom. The van der Waals surface area contributed by atoms with Gasteiger partial charge in [-0.3, -0.25) is 4.79 Å². The summed E-state index contributed by atoms with van der Waals surface area (Å²) in [6.45, 7) is 0. The molecule has 0 saturated carbocycles. The average molecular weight is 281 g/mol. The second kappa shape index (κ2) is 5.16. The number of nitrogens with one attached hydrogen (secondary N) is 1. The third-order valence-corrected chi connectivity index (χ3v) is 2.81. The van der Waals surface area contributed by atoms with Gasteiger partial charge < -0.3 is 16.2 Å². The molecule has 19 heavy (non-hydrogen) atoms. The van der Waals surface area contributed by atoms with Crippen LogP contribution in [0.15, 0.2) is 36.4 Å². The maximum atomic E-state index is 13.5. The van der Waals surface area contributed by atoms with Gasteiger partial charge in [0.2, 0.25) is 0 Å². The van der Waals surface area contributed by atoms with Crippen LogP contribution in [0.25, 0.3) is 0 Å². The number of hydrogen-bond donors (Lipinski definition) is 3. The molecule has 0 spiro atoms. The summed E-state index contributed by atoms with van der Waals surface area (Å²) in [7, 11) is 0. The Morgan fingerprint density at radius 1 is 1.32 bits per heavy atom. The summed E-state index contributed by atoms with van der Waals surface area (Å²) in [5, 5.41) is 11.8. The van der Waals surface area contributed by atoms with Gasteiger partial charge in [-0.1, -0.05) is 17.7 Å². The zero-order chi connectivity index (χ0) is 14.0. The Bertz CT molecular complexity index is 626. The maximum Gasteiger partial charge on any atom is 0.257 e. The second-order valence-electron chi connectivity index (χ2n) is 3.82. The zero-order valence-electron chi connectivity index (χ0n) is 9.65. The predicted octanol–water partition coefficient (Wildman–Crippen LogP) is 3.02. The van der Waals surface area contributed by atoms with E-state index in [-0.39, 0.29) is 27.7 Å². The summed E-state index contributed by atoms with van der Waals surface area (Å²) in [4.78, 5) is 12.0. The number of nitrogens with two attached hydrogens (primary N) is 1. The number of rotatable bonds is 2. The molecule has 0 aliphatic carbocycles. The van der Waals surface area contributed by atoms with Crippen molar-refractivity contribution in [3.63, 3.8) is 0 Å². The van der Waals surface area contributed by atoms with Gasteiger partial charge in [0.25, 0.3) is 5.91 Å². The minimum absolute atomic E-state index is 0.0318. The molecule has 0 atom stereocenters. The van der Waals surface area contributed by atoms with Crippen molar-refractivity contribution >= 4 is 28.9 Å². The average Bonchev–Trinajstić information content (AvgIpc) is 2.37. The van der Waals surface area contributed by atoms with E-state index in [1.54, 1.807) is 0 Å². The zero-order valence-corrected chi connectivity index (χ0v) is 10.4. The van der Waals surface area contributed by atoms with E-state index in [9.17, 15) is 14.3 Å². The number of phenols is 1. The quantitative estimate of drug-likeness (QED) is 0.740. The number of amides is 1. The monoisotopic (exact) mass is 280 g/mol. The number of para-hydroxylation sites is 1. The van der Waals surface area contributed by atoms with Crippen LogP contribution in [0.2, 0.25) is 5.02 Å². The molecule has 0 saturated heterocycles. The van der Waals surface area contributed by atoms with Crippen molar-refractivity contribution in [2.75, 3.05) is 11.1 Å². The molecule has 6 heteroatoms. The standard InChI is InChI=1S/C13H10ClFN2O2/c14-9-5-4-7(18)6-8(9)13(19)17-12-10(15)2-1-3-11(12)16/h1-6,18H,16H2,(H,17,19). The Hall–Kier alpha value is -2.27. The molecule has 4 N–H and O–H groups in total. The molecule has 0 aliphatic heterocycles. The molecule has 0 fully saturated rings. The molecule has 2 rings (SSSR count). The summed E-state index contributed by atoms with van der Waals surface area (Å²) < 4.78 is 13.5. The van der Waals surface area contributed by atoms with E-state index in [0.29, 0.717) is 0 Å². The normalized spacial score (nSPS) is 10.2. The van der Waals surface area contributed by atoms with Crippen LogP contribution in [0.1, 0.15) is 10.4 Å². The Labute approximate surface area is 113 Å². The minimum atomic E-state index is -0.655. The van der Waals surface area contributed by atoms with Crippen molar-refractivity contribution in [3.8, 4) is 5.75 Å². The van der Waals surface area contributed by atoms with E-state index in [4.69, 9.17) is 17.3 Å². The van der Waals surface area contributed by atoms with Gasteiger partial charge in [-0.25, -0.2) is 4.39 Å². The number of carbonyl (C=O) groups is 1. The lowest BCUT2D eigenvalue weighted by molar-refractivity contribution is 0.102. The smallest absolute Gasteiger partial charge is 0.257 e. The number of benzene rings is 2. The molecule has 0 aromatic heterocycles. The van der Waals surface area contributed by atoms with Crippen molar-refractivity contribution < 1.29 is 14.3 Å². The summed E-state index contributed by atoms with van der Waals surface area (Å²) in [6.07, 6.45) is 0. The highest BCUT2D eigenvalue weighted by Crippen LogP contribution is 2.25. The molecule has 2 aromatic carbocycles. The van der Waals surface area contributed by atoms with Crippen LogP contribution >= 0.6 is 11.6 Å². The number of carbonyl (C=O) groups excluding carboxylic acids is 1. The molecule has 1 amide bonds. The largest absolute Gasteiger partial charge is 0.508 e. The van der Waals surface area contributed by atoms with Crippen molar-refractivity contribution in [1.29, 1.82) is 0 Å². The van der Waals surface area contributed by atoms with Crippen LogP contribution < -0.4 is 11.1 Å². The van der Waals surface area contributed by atoms with Crippen LogP contribution in [0.4, 0.5) is 15.8 Å². The van der Waals surface area contributed by atoms with Crippen LogP contribution in [0, 0.1) is 5.82 Å². The SMILES string of the molecule is Nc1cccc(F)c1NC(=O)c1cc(O)ccc1Cl. The lowest BCUT2D eigenvalue weighted by atomic mass is 10.2. The van der Waals surface area contributed by atoms with Gasteiger partial charge >= 0.3 is 0 Å². The molecule has 4 nitrogen and oxygen atoms in total. The van der Waals surface area contributed by atoms with Crippen molar-refractivity contribution in [1.82, 2.24) is 0 Å². The number of halogens is 2. The van der Waals surface area contributed by atoms with Gasteiger partial charge in [-0.2, -0.15) is 0 Å². The van der Waals surface area contributed by atoms with Crippen molar-refractivity contribution in [2.24, 2.45) is 0 Å². The topological polar surface area (TPSA) is 75.3 Å². The second-order valence-corrected chi connectivity index (χ2v) is 4.23.